The number of Topliss-reactive ketones (excluding diaryl/α,β-unsaturated/α-hetero) is 1. The summed E-state index contributed by atoms with van der Waals surface area (Å²) in [6, 6.07) is 4.36. The second kappa shape index (κ2) is 6.01. The van der Waals surface area contributed by atoms with Gasteiger partial charge in [0.25, 0.3) is 0 Å². The van der Waals surface area contributed by atoms with Crippen molar-refractivity contribution in [2.75, 3.05) is 0 Å². The van der Waals surface area contributed by atoms with Gasteiger partial charge in [-0.15, -0.1) is 0 Å². The molecule has 0 spiro atoms. The minimum Gasteiger partial charge on any atom is -0.294 e. The standard InChI is InChI=1S/C18H25BrO/c1-5-6-7-18(3,4)11-13-9-15-14(16(19)10-13)8-12(2)17(15)20/h9-10,12H,5-8,11H2,1-4H3. The maximum absolute atomic E-state index is 12.2. The highest BCUT2D eigenvalue weighted by atomic mass is 79.9. The second-order valence-corrected chi connectivity index (χ2v) is 7.87. The smallest absolute Gasteiger partial charge is 0.166 e. The van der Waals surface area contributed by atoms with Crippen LogP contribution in [0.3, 0.4) is 0 Å². The summed E-state index contributed by atoms with van der Waals surface area (Å²) in [6.45, 7) is 8.92. The van der Waals surface area contributed by atoms with Crippen molar-refractivity contribution in [1.82, 2.24) is 0 Å². The molecule has 20 heavy (non-hydrogen) atoms. The van der Waals surface area contributed by atoms with Gasteiger partial charge in [-0.25, -0.2) is 0 Å². The summed E-state index contributed by atoms with van der Waals surface area (Å²) in [5, 5.41) is 0. The molecular weight excluding hydrogens is 312 g/mol. The maximum Gasteiger partial charge on any atom is 0.166 e. The summed E-state index contributed by atoms with van der Waals surface area (Å²) in [7, 11) is 0. The van der Waals surface area contributed by atoms with Crippen molar-refractivity contribution < 1.29 is 4.79 Å². The highest BCUT2D eigenvalue weighted by Gasteiger charge is 2.29. The molecule has 0 aliphatic heterocycles. The molecule has 0 N–H and O–H groups in total. The molecule has 0 bridgehead atoms. The van der Waals surface area contributed by atoms with Crippen molar-refractivity contribution in [3.05, 3.63) is 33.3 Å². The number of ketones is 1. The number of hydrogen-bond donors (Lipinski definition) is 0. The van der Waals surface area contributed by atoms with Crippen LogP contribution in [-0.4, -0.2) is 5.78 Å². The van der Waals surface area contributed by atoms with Gasteiger partial charge in [0, 0.05) is 16.0 Å². The Morgan fingerprint density at radius 2 is 2.05 bits per heavy atom. The van der Waals surface area contributed by atoms with Crippen molar-refractivity contribution in [2.24, 2.45) is 11.3 Å². The van der Waals surface area contributed by atoms with E-state index in [1.807, 2.05) is 6.92 Å². The number of halogens is 1. The molecule has 1 aromatic carbocycles. The summed E-state index contributed by atoms with van der Waals surface area (Å²) in [4.78, 5) is 12.2. The van der Waals surface area contributed by atoms with E-state index in [0.29, 0.717) is 11.2 Å². The molecule has 0 radical (unpaired) electrons. The summed E-state index contributed by atoms with van der Waals surface area (Å²) >= 11 is 3.66. The van der Waals surface area contributed by atoms with E-state index in [1.54, 1.807) is 0 Å². The molecule has 0 saturated heterocycles. The van der Waals surface area contributed by atoms with Gasteiger partial charge in [0.2, 0.25) is 0 Å². The van der Waals surface area contributed by atoms with E-state index in [4.69, 9.17) is 0 Å². The molecule has 0 amide bonds. The Kier molecular flexibility index (Phi) is 4.73. The molecule has 1 unspecified atom stereocenters. The quantitative estimate of drug-likeness (QED) is 0.685. The molecule has 2 heteroatoms. The lowest BCUT2D eigenvalue weighted by atomic mass is 9.81. The van der Waals surface area contributed by atoms with Crippen LogP contribution < -0.4 is 0 Å². The van der Waals surface area contributed by atoms with Gasteiger partial charge in [0.1, 0.15) is 0 Å². The number of hydrogen-bond acceptors (Lipinski definition) is 1. The number of benzene rings is 1. The van der Waals surface area contributed by atoms with E-state index in [1.165, 1.54) is 30.4 Å². The fourth-order valence-electron chi connectivity index (χ4n) is 3.18. The predicted molar refractivity (Wildman–Crippen MR) is 88.4 cm³/mol. The third-order valence-electron chi connectivity index (χ3n) is 4.37. The Morgan fingerprint density at radius 1 is 1.35 bits per heavy atom. The van der Waals surface area contributed by atoms with E-state index in [2.05, 4.69) is 48.8 Å². The molecule has 1 aliphatic carbocycles. The van der Waals surface area contributed by atoms with Gasteiger partial charge >= 0.3 is 0 Å². The minimum atomic E-state index is 0.143. The SMILES string of the molecule is CCCCC(C)(C)Cc1cc(Br)c2c(c1)C(=O)C(C)C2. The van der Waals surface area contributed by atoms with Crippen molar-refractivity contribution in [1.29, 1.82) is 0 Å². The van der Waals surface area contributed by atoms with Crippen LogP contribution in [-0.2, 0) is 12.8 Å². The van der Waals surface area contributed by atoms with E-state index in [-0.39, 0.29) is 5.92 Å². The van der Waals surface area contributed by atoms with Crippen molar-refractivity contribution in [2.45, 2.75) is 59.8 Å². The Morgan fingerprint density at radius 3 is 2.70 bits per heavy atom. The van der Waals surface area contributed by atoms with Gasteiger partial charge in [-0.2, -0.15) is 0 Å². The molecule has 1 atom stereocenters. The van der Waals surface area contributed by atoms with Crippen LogP contribution in [0.25, 0.3) is 0 Å². The highest BCUT2D eigenvalue weighted by molar-refractivity contribution is 9.10. The fraction of sp³-hybridized carbons (Fsp3) is 0.611. The number of rotatable bonds is 5. The van der Waals surface area contributed by atoms with Crippen LogP contribution in [0.2, 0.25) is 0 Å². The van der Waals surface area contributed by atoms with Gasteiger partial charge in [0.05, 0.1) is 0 Å². The van der Waals surface area contributed by atoms with Crippen molar-refractivity contribution in [3.8, 4) is 0 Å². The molecule has 0 saturated carbocycles. The van der Waals surface area contributed by atoms with Crippen LogP contribution in [0.5, 0.6) is 0 Å². The lowest BCUT2D eigenvalue weighted by molar-refractivity contribution is 0.0946. The van der Waals surface area contributed by atoms with Crippen molar-refractivity contribution in [3.63, 3.8) is 0 Å². The van der Waals surface area contributed by atoms with Crippen molar-refractivity contribution >= 4 is 21.7 Å². The summed E-state index contributed by atoms with van der Waals surface area (Å²) in [5.74, 6) is 0.457. The molecule has 0 fully saturated rings. The first-order valence-corrected chi connectivity index (χ1v) is 8.49. The Hall–Kier alpha value is -0.630. The monoisotopic (exact) mass is 336 g/mol. The number of fused-ring (bicyclic) bond motifs is 1. The lowest BCUT2D eigenvalue weighted by Gasteiger charge is -2.25. The normalized spacial score (nSPS) is 18.4. The maximum atomic E-state index is 12.2. The Labute approximate surface area is 131 Å². The van der Waals surface area contributed by atoms with E-state index in [9.17, 15) is 4.79 Å². The number of carbonyl (C=O) groups is 1. The molecule has 1 nitrogen and oxygen atoms in total. The second-order valence-electron chi connectivity index (χ2n) is 7.02. The lowest BCUT2D eigenvalue weighted by Crippen LogP contribution is -2.15. The van der Waals surface area contributed by atoms with Crippen LogP contribution >= 0.6 is 15.9 Å². The van der Waals surface area contributed by atoms with Gasteiger partial charge < -0.3 is 0 Å². The first kappa shape index (κ1) is 15.8. The number of unbranched alkanes of at least 4 members (excludes halogenated alkanes) is 1. The Bertz CT molecular complexity index is 516. The van der Waals surface area contributed by atoms with Gasteiger partial charge in [-0.1, -0.05) is 56.5 Å². The third kappa shape index (κ3) is 3.33. The molecule has 1 aliphatic rings. The molecule has 0 heterocycles. The third-order valence-corrected chi connectivity index (χ3v) is 5.08. The van der Waals surface area contributed by atoms with Gasteiger partial charge in [-0.3, -0.25) is 4.79 Å². The predicted octanol–water partition coefficient (Wildman–Crippen LogP) is 5.58. The fourth-order valence-corrected chi connectivity index (χ4v) is 3.85. The largest absolute Gasteiger partial charge is 0.294 e. The molecular formula is C18H25BrO. The average Bonchev–Trinajstić information content (AvgIpc) is 2.64. The minimum absolute atomic E-state index is 0.143. The summed E-state index contributed by atoms with van der Waals surface area (Å²) in [5.41, 5.74) is 3.75. The van der Waals surface area contributed by atoms with E-state index >= 15 is 0 Å². The molecule has 1 aromatic rings. The summed E-state index contributed by atoms with van der Waals surface area (Å²) in [6.07, 6.45) is 5.68. The molecule has 0 aromatic heterocycles. The number of carbonyl (C=O) groups excluding carboxylic acids is 1. The zero-order chi connectivity index (χ0) is 14.9. The van der Waals surface area contributed by atoms with E-state index < -0.39 is 0 Å². The zero-order valence-electron chi connectivity index (χ0n) is 13.1. The Balaban J connectivity index is 2.23. The molecule has 2 rings (SSSR count). The first-order chi connectivity index (χ1) is 9.34. The van der Waals surface area contributed by atoms with Crippen LogP contribution in [0.4, 0.5) is 0 Å². The zero-order valence-corrected chi connectivity index (χ0v) is 14.6. The first-order valence-electron chi connectivity index (χ1n) is 7.69. The summed E-state index contributed by atoms with van der Waals surface area (Å²) < 4.78 is 1.12. The van der Waals surface area contributed by atoms with Crippen LogP contribution in [0.15, 0.2) is 16.6 Å². The van der Waals surface area contributed by atoms with Crippen LogP contribution in [0, 0.1) is 11.3 Å². The van der Waals surface area contributed by atoms with Crippen LogP contribution in [0.1, 0.15) is 68.4 Å². The topological polar surface area (TPSA) is 17.1 Å². The average molecular weight is 337 g/mol. The van der Waals surface area contributed by atoms with Gasteiger partial charge in [-0.05, 0) is 47.9 Å². The van der Waals surface area contributed by atoms with E-state index in [0.717, 1.165) is 22.9 Å². The molecule has 110 valence electrons. The van der Waals surface area contributed by atoms with Gasteiger partial charge in [0.15, 0.2) is 5.78 Å². The highest BCUT2D eigenvalue weighted by Crippen LogP contribution is 2.36.